The van der Waals surface area contributed by atoms with Crippen LogP contribution in [0.4, 0.5) is 0 Å². The van der Waals surface area contributed by atoms with Gasteiger partial charge in [0.05, 0.1) is 0 Å². The average molecular weight is 154 g/mol. The first kappa shape index (κ1) is 17.4. The molecule has 0 aromatic heterocycles. The maximum atomic E-state index is 3.36. The summed E-state index contributed by atoms with van der Waals surface area (Å²) in [5.41, 5.74) is 0. The Labute approximate surface area is 51.4 Å². The Bertz CT molecular complexity index is 14.4. The van der Waals surface area contributed by atoms with Crippen LogP contribution in [0, 0.1) is 0 Å². The second-order valence-electron chi connectivity index (χ2n) is 0.408. The summed E-state index contributed by atoms with van der Waals surface area (Å²) in [5.74, 6) is 0. The molecule has 0 heterocycles. The van der Waals surface area contributed by atoms with Gasteiger partial charge >= 0.3 is 18.0 Å². The van der Waals surface area contributed by atoms with E-state index >= 15 is 0 Å². The standard InChI is InChI=1S/C3H6.AsH3.H2S/c1-3-2;;/h3H,1H2,2H3;1H3;1H2. The minimum atomic E-state index is 0. The van der Waals surface area contributed by atoms with Gasteiger partial charge in [-0.25, -0.2) is 0 Å². The van der Waals surface area contributed by atoms with Gasteiger partial charge in [0.15, 0.2) is 0 Å². The van der Waals surface area contributed by atoms with Crippen LogP contribution in [0.1, 0.15) is 6.92 Å². The monoisotopic (exact) mass is 154 g/mol. The van der Waals surface area contributed by atoms with Crippen molar-refractivity contribution in [1.82, 2.24) is 0 Å². The molecule has 2 heteroatoms. The molecule has 0 fully saturated rings. The van der Waals surface area contributed by atoms with Crippen molar-refractivity contribution in [2.45, 2.75) is 6.92 Å². The van der Waals surface area contributed by atoms with Crippen LogP contribution in [0.5, 0.6) is 0 Å². The van der Waals surface area contributed by atoms with E-state index in [9.17, 15) is 0 Å². The van der Waals surface area contributed by atoms with Gasteiger partial charge in [0.25, 0.3) is 0 Å². The third-order valence-corrected chi connectivity index (χ3v) is 0. The fraction of sp³-hybridized carbons (Fsp3) is 0.333. The molecule has 0 aliphatic carbocycles. The van der Waals surface area contributed by atoms with E-state index in [1.54, 1.807) is 6.08 Å². The quantitative estimate of drug-likeness (QED) is 0.343. The Hall–Kier alpha value is 0.648. The van der Waals surface area contributed by atoms with Gasteiger partial charge in [-0.15, -0.1) is 6.58 Å². The van der Waals surface area contributed by atoms with E-state index in [1.165, 1.54) is 0 Å². The Morgan fingerprint density at radius 2 is 1.60 bits per heavy atom. The zero-order chi connectivity index (χ0) is 2.71. The van der Waals surface area contributed by atoms with E-state index in [-0.39, 0.29) is 31.4 Å². The third-order valence-electron chi connectivity index (χ3n) is 0. The Balaban J connectivity index is -0.0000000200. The fourth-order valence-corrected chi connectivity index (χ4v) is 0. The molecule has 1 unspecified atom stereocenters. The van der Waals surface area contributed by atoms with E-state index in [2.05, 4.69) is 6.58 Å². The SMILES string of the molecule is C=CC.S.[AsH3]. The summed E-state index contributed by atoms with van der Waals surface area (Å²) in [6.45, 7) is 5.25. The molecule has 0 aromatic carbocycles. The molecule has 0 radical (unpaired) electrons. The molecule has 1 atom stereocenters. The zero-order valence-electron chi connectivity index (χ0n) is 3.49. The Morgan fingerprint density at radius 3 is 1.60 bits per heavy atom. The number of allylic oxidation sites excluding steroid dienone is 1. The molecule has 0 saturated heterocycles. The molecular weight excluding hydrogens is 143 g/mol. The van der Waals surface area contributed by atoms with Crippen molar-refractivity contribution in [2.24, 2.45) is 0 Å². The Kier molecular flexibility index (Phi) is 79.2. The van der Waals surface area contributed by atoms with Gasteiger partial charge in [0.2, 0.25) is 0 Å². The molecule has 0 nitrogen and oxygen atoms in total. The molecule has 5 heavy (non-hydrogen) atoms. The molecule has 0 saturated carbocycles. The Morgan fingerprint density at radius 1 is 1.60 bits per heavy atom. The van der Waals surface area contributed by atoms with Crippen molar-refractivity contribution in [3.63, 3.8) is 0 Å². The predicted molar refractivity (Wildman–Crippen MR) is 36.2 cm³/mol. The first-order valence-corrected chi connectivity index (χ1v) is 0.986. The van der Waals surface area contributed by atoms with Gasteiger partial charge in [-0.05, 0) is 6.92 Å². The number of hydrogen-bond donors (Lipinski definition) is 0. The average Bonchev–Trinajstić information content (AvgIpc) is 0.918. The predicted octanol–water partition coefficient (Wildman–Crippen LogP) is 0.121. The molecule has 0 aromatic rings. The summed E-state index contributed by atoms with van der Waals surface area (Å²) in [4.78, 5) is 0. The van der Waals surface area contributed by atoms with Crippen LogP contribution in [0.2, 0.25) is 0 Å². The summed E-state index contributed by atoms with van der Waals surface area (Å²) in [7, 11) is 0. The van der Waals surface area contributed by atoms with E-state index in [0.29, 0.717) is 0 Å². The van der Waals surface area contributed by atoms with Crippen molar-refractivity contribution in [2.75, 3.05) is 0 Å². The first-order valence-electron chi connectivity index (χ1n) is 0.986. The summed E-state index contributed by atoms with van der Waals surface area (Å²) in [6, 6.07) is 0. The van der Waals surface area contributed by atoms with Gasteiger partial charge < -0.3 is 0 Å². The van der Waals surface area contributed by atoms with Crippen molar-refractivity contribution >= 4 is 31.4 Å². The maximum absolute atomic E-state index is 3.36. The molecule has 0 rings (SSSR count). The summed E-state index contributed by atoms with van der Waals surface area (Å²) in [6.07, 6.45) is 1.75. The number of hydrogen-bond acceptors (Lipinski definition) is 0. The molecule has 0 spiro atoms. The van der Waals surface area contributed by atoms with Crippen LogP contribution in [-0.4, -0.2) is 18.0 Å². The van der Waals surface area contributed by atoms with Crippen LogP contribution in [0.3, 0.4) is 0 Å². The number of rotatable bonds is 0. The molecular formula is C3H11AsS. The summed E-state index contributed by atoms with van der Waals surface area (Å²) in [5, 5.41) is 0. The summed E-state index contributed by atoms with van der Waals surface area (Å²) < 4.78 is 0. The zero-order valence-corrected chi connectivity index (χ0v) is 7.46. The van der Waals surface area contributed by atoms with Crippen molar-refractivity contribution < 1.29 is 0 Å². The molecule has 0 aliphatic heterocycles. The topological polar surface area (TPSA) is 0 Å². The van der Waals surface area contributed by atoms with Gasteiger partial charge in [0, 0.05) is 0 Å². The van der Waals surface area contributed by atoms with Gasteiger partial charge in [-0.3, -0.25) is 0 Å². The van der Waals surface area contributed by atoms with E-state index in [0.717, 1.165) is 0 Å². The van der Waals surface area contributed by atoms with Crippen LogP contribution in [0.25, 0.3) is 0 Å². The van der Waals surface area contributed by atoms with Gasteiger partial charge in [0.1, 0.15) is 0 Å². The van der Waals surface area contributed by atoms with Gasteiger partial charge in [-0.1, -0.05) is 6.08 Å². The summed E-state index contributed by atoms with van der Waals surface area (Å²) >= 11 is 0. The molecule has 0 bridgehead atoms. The van der Waals surface area contributed by atoms with Crippen molar-refractivity contribution in [3.05, 3.63) is 12.7 Å². The fourth-order valence-electron chi connectivity index (χ4n) is 0. The van der Waals surface area contributed by atoms with Crippen molar-refractivity contribution in [3.8, 4) is 0 Å². The molecule has 34 valence electrons. The van der Waals surface area contributed by atoms with Crippen LogP contribution >= 0.6 is 13.5 Å². The second kappa shape index (κ2) is 22.8. The van der Waals surface area contributed by atoms with Gasteiger partial charge in [-0.2, -0.15) is 13.5 Å². The van der Waals surface area contributed by atoms with E-state index < -0.39 is 0 Å². The molecule has 0 N–H and O–H groups in total. The van der Waals surface area contributed by atoms with E-state index in [1.807, 2.05) is 6.92 Å². The third kappa shape index (κ3) is 77.5. The normalized spacial score (nSPS) is 2.60. The minimum absolute atomic E-state index is 0. The van der Waals surface area contributed by atoms with Crippen LogP contribution < -0.4 is 0 Å². The van der Waals surface area contributed by atoms with Crippen LogP contribution in [0.15, 0.2) is 12.7 Å². The first-order chi connectivity index (χ1) is 1.41. The van der Waals surface area contributed by atoms with Crippen LogP contribution in [-0.2, 0) is 0 Å². The van der Waals surface area contributed by atoms with Crippen molar-refractivity contribution in [1.29, 1.82) is 0 Å². The molecule has 0 amide bonds. The molecule has 0 aliphatic rings. The second-order valence-corrected chi connectivity index (χ2v) is 0.408. The van der Waals surface area contributed by atoms with E-state index in [4.69, 9.17) is 0 Å².